The van der Waals surface area contributed by atoms with Crippen LogP contribution in [-0.2, 0) is 0 Å². The Labute approximate surface area is 148 Å². The summed E-state index contributed by atoms with van der Waals surface area (Å²) < 4.78 is 0. The highest BCUT2D eigenvalue weighted by Crippen LogP contribution is 2.33. The first-order valence-corrected chi connectivity index (χ1v) is 7.87. The molecule has 126 valence electrons. The number of benzene rings is 2. The van der Waals surface area contributed by atoms with Crippen molar-refractivity contribution in [3.05, 3.63) is 80.1 Å². The van der Waals surface area contributed by atoms with Crippen molar-refractivity contribution >= 4 is 23.1 Å². The lowest BCUT2D eigenvalue weighted by molar-refractivity contribution is -0.384. The van der Waals surface area contributed by atoms with Gasteiger partial charge in [0.2, 0.25) is 0 Å². The Morgan fingerprint density at radius 2 is 1.88 bits per heavy atom. The molecule has 3 aromatic rings. The molecule has 3 rings (SSSR count). The normalized spacial score (nSPS) is 10.7. The molecule has 1 N–H and O–H groups in total. The molecule has 0 unspecified atom stereocenters. The molecule has 7 heteroatoms. The molecule has 1 aromatic heterocycles. The summed E-state index contributed by atoms with van der Waals surface area (Å²) in [7, 11) is 0. The number of aryl methyl sites for hydroxylation is 2. The topological polar surface area (TPSA) is 88.9 Å². The first kappa shape index (κ1) is 16.9. The van der Waals surface area contributed by atoms with Crippen LogP contribution in [0.3, 0.4) is 0 Å². The Hall–Kier alpha value is -2.99. The summed E-state index contributed by atoms with van der Waals surface area (Å²) in [5, 5.41) is 18.5. The number of hydrogen-bond acceptors (Lipinski definition) is 4. The third-order valence-electron chi connectivity index (χ3n) is 3.97. The van der Waals surface area contributed by atoms with E-state index in [9.17, 15) is 14.9 Å². The van der Waals surface area contributed by atoms with Crippen molar-refractivity contribution < 1.29 is 9.72 Å². The lowest BCUT2D eigenvalue weighted by Crippen LogP contribution is -2.06. The molecule has 0 saturated heterocycles. The minimum atomic E-state index is -0.526. The highest BCUT2D eigenvalue weighted by molar-refractivity contribution is 6.35. The van der Waals surface area contributed by atoms with E-state index in [-0.39, 0.29) is 17.0 Å². The van der Waals surface area contributed by atoms with E-state index in [1.54, 1.807) is 30.3 Å². The van der Waals surface area contributed by atoms with Gasteiger partial charge in [-0.2, -0.15) is 5.10 Å². The fourth-order valence-corrected chi connectivity index (χ4v) is 3.01. The third-order valence-corrected chi connectivity index (χ3v) is 4.30. The fraction of sp³-hybridized carbons (Fsp3) is 0.111. The second-order valence-electron chi connectivity index (χ2n) is 5.60. The predicted molar refractivity (Wildman–Crippen MR) is 95.0 cm³/mol. The van der Waals surface area contributed by atoms with Crippen LogP contribution in [0.2, 0.25) is 5.02 Å². The van der Waals surface area contributed by atoms with Gasteiger partial charge in [0.05, 0.1) is 15.6 Å². The van der Waals surface area contributed by atoms with E-state index in [1.807, 2.05) is 13.8 Å². The number of rotatable bonds is 4. The largest absolute Gasteiger partial charge is 0.289 e. The van der Waals surface area contributed by atoms with Gasteiger partial charge in [-0.15, -0.1) is 0 Å². The van der Waals surface area contributed by atoms with Crippen molar-refractivity contribution in [2.24, 2.45) is 0 Å². The zero-order valence-corrected chi connectivity index (χ0v) is 14.3. The van der Waals surface area contributed by atoms with E-state index in [1.165, 1.54) is 12.1 Å². The second-order valence-corrected chi connectivity index (χ2v) is 6.01. The summed E-state index contributed by atoms with van der Waals surface area (Å²) in [6.45, 7) is 3.64. The summed E-state index contributed by atoms with van der Waals surface area (Å²) >= 11 is 6.14. The number of ketones is 1. The minimum absolute atomic E-state index is 0.155. The smallest absolute Gasteiger partial charge is 0.270 e. The summed E-state index contributed by atoms with van der Waals surface area (Å²) in [5.41, 5.74) is 3.18. The number of aromatic amines is 1. The van der Waals surface area contributed by atoms with E-state index in [4.69, 9.17) is 11.6 Å². The van der Waals surface area contributed by atoms with Gasteiger partial charge in [0.1, 0.15) is 0 Å². The molecule has 6 nitrogen and oxygen atoms in total. The van der Waals surface area contributed by atoms with Gasteiger partial charge in [0.15, 0.2) is 5.78 Å². The van der Waals surface area contributed by atoms with Gasteiger partial charge in [0.25, 0.3) is 5.69 Å². The van der Waals surface area contributed by atoms with Crippen LogP contribution in [0.1, 0.15) is 27.3 Å². The van der Waals surface area contributed by atoms with Crippen LogP contribution in [0, 0.1) is 24.0 Å². The van der Waals surface area contributed by atoms with Crippen molar-refractivity contribution in [1.82, 2.24) is 10.2 Å². The molecule has 0 aliphatic heterocycles. The van der Waals surface area contributed by atoms with Gasteiger partial charge in [0, 0.05) is 34.5 Å². The molecule has 0 aliphatic carbocycles. The quantitative estimate of drug-likeness (QED) is 0.424. The standard InChI is InChI=1S/C18H14ClN3O3/c1-10-17(11(2)21-20-10)13-8-7-12(22(24)25)9-15(13)18(23)14-5-3-4-6-16(14)19/h3-9H,1-2H3,(H,20,21). The zero-order valence-electron chi connectivity index (χ0n) is 13.5. The number of nitro benzene ring substituents is 1. The molecule has 0 amide bonds. The number of nitrogens with zero attached hydrogens (tertiary/aromatic N) is 2. The van der Waals surface area contributed by atoms with E-state index >= 15 is 0 Å². The summed E-state index contributed by atoms with van der Waals surface area (Å²) in [4.78, 5) is 23.7. The van der Waals surface area contributed by atoms with Gasteiger partial charge in [-0.3, -0.25) is 20.0 Å². The average molecular weight is 356 g/mol. The number of nitro groups is 1. The molecule has 0 saturated carbocycles. The van der Waals surface area contributed by atoms with Crippen molar-refractivity contribution in [3.8, 4) is 11.1 Å². The van der Waals surface area contributed by atoms with Crippen LogP contribution < -0.4 is 0 Å². The fourth-order valence-electron chi connectivity index (χ4n) is 2.79. The Kier molecular flexibility index (Phi) is 4.37. The first-order chi connectivity index (χ1) is 11.9. The molecule has 0 atom stereocenters. The average Bonchev–Trinajstić information content (AvgIpc) is 2.92. The number of carbonyl (C=O) groups excluding carboxylic acids is 1. The molecule has 0 aliphatic rings. The number of hydrogen-bond donors (Lipinski definition) is 1. The minimum Gasteiger partial charge on any atom is -0.289 e. The number of non-ortho nitro benzene ring substituents is 1. The molecular formula is C18H14ClN3O3. The second kappa shape index (κ2) is 6.49. The van der Waals surface area contributed by atoms with Crippen molar-refractivity contribution in [1.29, 1.82) is 0 Å². The van der Waals surface area contributed by atoms with Crippen molar-refractivity contribution in [2.75, 3.05) is 0 Å². The van der Waals surface area contributed by atoms with Crippen molar-refractivity contribution in [2.45, 2.75) is 13.8 Å². The Morgan fingerprint density at radius 3 is 2.48 bits per heavy atom. The first-order valence-electron chi connectivity index (χ1n) is 7.49. The van der Waals surface area contributed by atoms with Crippen molar-refractivity contribution in [3.63, 3.8) is 0 Å². The Balaban J connectivity index is 2.26. The van der Waals surface area contributed by atoms with Gasteiger partial charge >= 0.3 is 0 Å². The Bertz CT molecular complexity index is 975. The monoisotopic (exact) mass is 355 g/mol. The maximum absolute atomic E-state index is 13.0. The number of carbonyl (C=O) groups is 1. The molecular weight excluding hydrogens is 342 g/mol. The zero-order chi connectivity index (χ0) is 18.1. The van der Waals surface area contributed by atoms with E-state index in [0.29, 0.717) is 21.8 Å². The molecule has 0 fully saturated rings. The molecule has 25 heavy (non-hydrogen) atoms. The van der Waals surface area contributed by atoms with E-state index < -0.39 is 4.92 Å². The number of aromatic nitrogens is 2. The summed E-state index contributed by atoms with van der Waals surface area (Å²) in [6.07, 6.45) is 0. The highest BCUT2D eigenvalue weighted by atomic mass is 35.5. The maximum Gasteiger partial charge on any atom is 0.270 e. The SMILES string of the molecule is Cc1n[nH]c(C)c1-c1ccc([N+](=O)[O-])cc1C(=O)c1ccccc1Cl. The number of H-pyrrole nitrogens is 1. The van der Waals surface area contributed by atoms with Crippen LogP contribution in [-0.4, -0.2) is 20.9 Å². The van der Waals surface area contributed by atoms with Gasteiger partial charge in [-0.05, 0) is 37.6 Å². The van der Waals surface area contributed by atoms with Crippen LogP contribution in [0.4, 0.5) is 5.69 Å². The predicted octanol–water partition coefficient (Wildman–Crippen LogP) is 4.49. The van der Waals surface area contributed by atoms with Crippen LogP contribution in [0.15, 0.2) is 42.5 Å². The lowest BCUT2D eigenvalue weighted by atomic mass is 9.92. The van der Waals surface area contributed by atoms with Crippen LogP contribution in [0.5, 0.6) is 0 Å². The van der Waals surface area contributed by atoms with Crippen LogP contribution >= 0.6 is 11.6 Å². The molecule has 0 radical (unpaired) electrons. The lowest BCUT2D eigenvalue weighted by Gasteiger charge is -2.10. The Morgan fingerprint density at radius 1 is 1.16 bits per heavy atom. The maximum atomic E-state index is 13.0. The van der Waals surface area contributed by atoms with E-state index in [2.05, 4.69) is 10.2 Å². The van der Waals surface area contributed by atoms with Gasteiger partial charge in [-0.25, -0.2) is 0 Å². The molecule has 0 bridgehead atoms. The number of halogens is 1. The molecule has 2 aromatic carbocycles. The molecule has 1 heterocycles. The number of nitrogens with one attached hydrogen (secondary N) is 1. The summed E-state index contributed by atoms with van der Waals surface area (Å²) in [6, 6.07) is 10.9. The third kappa shape index (κ3) is 3.04. The van der Waals surface area contributed by atoms with Gasteiger partial charge in [-0.1, -0.05) is 23.7 Å². The van der Waals surface area contributed by atoms with Gasteiger partial charge < -0.3 is 0 Å². The van der Waals surface area contributed by atoms with E-state index in [0.717, 1.165) is 11.3 Å². The molecule has 0 spiro atoms. The summed E-state index contributed by atoms with van der Waals surface area (Å²) in [5.74, 6) is -0.371. The highest BCUT2D eigenvalue weighted by Gasteiger charge is 2.23. The van der Waals surface area contributed by atoms with Crippen LogP contribution in [0.25, 0.3) is 11.1 Å².